The van der Waals surface area contributed by atoms with Gasteiger partial charge in [-0.1, -0.05) is 275 Å². The third-order valence-electron chi connectivity index (χ3n) is 16.5. The molecule has 0 amide bonds. The van der Waals surface area contributed by atoms with Gasteiger partial charge in [0.2, 0.25) is 0 Å². The third kappa shape index (κ3) is 69.2. The van der Waals surface area contributed by atoms with Crippen molar-refractivity contribution in [1.82, 2.24) is 0 Å². The molecule has 3 N–H and O–H groups in total. The second kappa shape index (κ2) is 70.2. The van der Waals surface area contributed by atoms with Crippen LogP contribution >= 0.6 is 15.6 Å². The highest BCUT2D eigenvalue weighted by atomic mass is 31.2. The molecule has 0 aliphatic heterocycles. The van der Waals surface area contributed by atoms with E-state index in [0.717, 1.165) is 161 Å². The smallest absolute Gasteiger partial charge is 0.462 e. The van der Waals surface area contributed by atoms with E-state index in [1.807, 2.05) is 0 Å². The van der Waals surface area contributed by atoms with Crippen molar-refractivity contribution in [3.05, 3.63) is 60.8 Å². The molecule has 5 unspecified atom stereocenters. The fourth-order valence-corrected chi connectivity index (χ4v) is 12.1. The Morgan fingerprint density at radius 1 is 0.292 bits per heavy atom. The summed E-state index contributed by atoms with van der Waals surface area (Å²) in [5.74, 6) is -2.18. The predicted molar refractivity (Wildman–Crippen MR) is 390 cm³/mol. The summed E-state index contributed by atoms with van der Waals surface area (Å²) in [7, 11) is -9.93. The molecule has 0 radical (unpaired) electrons. The zero-order valence-corrected chi connectivity index (χ0v) is 62.8. The van der Waals surface area contributed by atoms with Gasteiger partial charge in [-0.2, -0.15) is 0 Å². The molecule has 0 saturated heterocycles. The molecule has 0 aromatic rings. The molecule has 560 valence electrons. The van der Waals surface area contributed by atoms with Crippen molar-refractivity contribution in [3.63, 3.8) is 0 Å². The molecule has 96 heavy (non-hydrogen) atoms. The first kappa shape index (κ1) is 92.8. The second-order valence-electron chi connectivity index (χ2n) is 25.9. The summed E-state index contributed by atoms with van der Waals surface area (Å²) in [6.45, 7) is 4.81. The number of hydrogen-bond donors (Lipinski definition) is 3. The molecule has 0 heterocycles. The lowest BCUT2D eigenvalue weighted by atomic mass is 10.0. The molecule has 0 aliphatic rings. The van der Waals surface area contributed by atoms with Gasteiger partial charge in [0, 0.05) is 25.7 Å². The maximum absolute atomic E-state index is 13.1. The monoisotopic (exact) mass is 1400 g/mol. The van der Waals surface area contributed by atoms with Crippen LogP contribution in [0.3, 0.4) is 0 Å². The molecule has 0 aliphatic carbocycles. The number of allylic oxidation sites excluding steroid dienone is 10. The van der Waals surface area contributed by atoms with Gasteiger partial charge < -0.3 is 33.8 Å². The highest BCUT2D eigenvalue weighted by Crippen LogP contribution is 2.45. The van der Waals surface area contributed by atoms with Crippen LogP contribution in [0.2, 0.25) is 0 Å². The molecule has 0 saturated carbocycles. The van der Waals surface area contributed by atoms with Crippen molar-refractivity contribution >= 4 is 39.5 Å². The van der Waals surface area contributed by atoms with Crippen LogP contribution in [0.25, 0.3) is 0 Å². The minimum absolute atomic E-state index is 0.0846. The predicted octanol–water partition coefficient (Wildman–Crippen LogP) is 21.9. The normalized spacial score (nSPS) is 14.3. The standard InChI is InChI=1S/C77H140O17P2/c1-5-9-13-17-21-25-29-32-33-34-35-36-37-40-43-46-50-54-58-62-75(80)88-67-72(93-76(81)63-59-55-51-47-41-28-24-20-16-12-8-4)69-91-95(83,84)89-65-71(78)66-90-96(85,86)92-70-73(94-77(82)64-60-56-52-48-44-39-31-27-23-19-15-11-7-3)68-87-74(79)61-57-53-49-45-42-38-30-26-22-18-14-10-6-2/h20-21,24-26,30,32-33,35-36,71-73,78H,5-19,22-23,27-29,31,34,37-70H2,1-4H3,(H,83,84)(H,85,86)/b24-20-,25-21-,30-26-,33-32-,36-35-. The molecule has 17 nitrogen and oxygen atoms in total. The Kier molecular flexibility index (Phi) is 67.8. The summed E-state index contributed by atoms with van der Waals surface area (Å²) < 4.78 is 68.4. The number of hydrogen-bond acceptors (Lipinski definition) is 15. The van der Waals surface area contributed by atoms with E-state index in [0.29, 0.717) is 25.7 Å². The number of aliphatic hydroxyl groups is 1. The zero-order chi connectivity index (χ0) is 70.4. The van der Waals surface area contributed by atoms with Gasteiger partial charge in [0.05, 0.1) is 26.4 Å². The van der Waals surface area contributed by atoms with E-state index in [-0.39, 0.29) is 25.7 Å². The number of rotatable bonds is 73. The minimum atomic E-state index is -4.97. The van der Waals surface area contributed by atoms with Crippen molar-refractivity contribution in [1.29, 1.82) is 0 Å². The average Bonchev–Trinajstić information content (AvgIpc) is 1.15. The van der Waals surface area contributed by atoms with E-state index in [1.165, 1.54) is 109 Å². The maximum Gasteiger partial charge on any atom is 0.472 e. The summed E-state index contributed by atoms with van der Waals surface area (Å²) in [6, 6.07) is 0. The topological polar surface area (TPSA) is 237 Å². The van der Waals surface area contributed by atoms with Crippen molar-refractivity contribution < 1.29 is 80.2 Å². The van der Waals surface area contributed by atoms with Gasteiger partial charge in [0.1, 0.15) is 19.3 Å². The molecule has 0 spiro atoms. The molecular formula is C77H140O17P2. The molecular weight excluding hydrogens is 1260 g/mol. The Balaban J connectivity index is 5.28. The lowest BCUT2D eigenvalue weighted by Crippen LogP contribution is -2.30. The van der Waals surface area contributed by atoms with E-state index in [9.17, 15) is 43.2 Å². The Hall–Kier alpha value is -3.24. The lowest BCUT2D eigenvalue weighted by Gasteiger charge is -2.21. The van der Waals surface area contributed by atoms with Crippen molar-refractivity contribution in [3.8, 4) is 0 Å². The van der Waals surface area contributed by atoms with Crippen LogP contribution in [0.15, 0.2) is 60.8 Å². The van der Waals surface area contributed by atoms with Crippen LogP contribution in [-0.2, 0) is 65.4 Å². The molecule has 19 heteroatoms. The Morgan fingerprint density at radius 3 is 0.854 bits per heavy atom. The van der Waals surface area contributed by atoms with Crippen LogP contribution in [0, 0.1) is 0 Å². The van der Waals surface area contributed by atoms with E-state index in [2.05, 4.69) is 88.5 Å². The van der Waals surface area contributed by atoms with Crippen molar-refractivity contribution in [2.24, 2.45) is 0 Å². The van der Waals surface area contributed by atoms with Gasteiger partial charge in [0.25, 0.3) is 0 Å². The number of carbonyl (C=O) groups excluding carboxylic acids is 4. The van der Waals surface area contributed by atoms with E-state index < -0.39 is 97.5 Å². The number of phosphoric acid groups is 2. The lowest BCUT2D eigenvalue weighted by molar-refractivity contribution is -0.161. The van der Waals surface area contributed by atoms with Gasteiger partial charge in [-0.15, -0.1) is 0 Å². The van der Waals surface area contributed by atoms with Gasteiger partial charge in [-0.05, 0) is 109 Å². The first-order chi connectivity index (χ1) is 46.7. The van der Waals surface area contributed by atoms with Crippen molar-refractivity contribution in [2.75, 3.05) is 39.6 Å². The van der Waals surface area contributed by atoms with Crippen LogP contribution in [0.4, 0.5) is 0 Å². The molecule has 0 fully saturated rings. The number of unbranched alkanes of at least 4 members (excludes halogenated alkanes) is 37. The summed E-state index contributed by atoms with van der Waals surface area (Å²) in [6.07, 6.45) is 67.8. The number of ether oxygens (including phenoxy) is 4. The Labute approximate surface area is 584 Å². The summed E-state index contributed by atoms with van der Waals surface area (Å²) in [4.78, 5) is 72.8. The Morgan fingerprint density at radius 2 is 0.521 bits per heavy atom. The quantitative estimate of drug-likeness (QED) is 0.0169. The molecule has 0 aromatic heterocycles. The SMILES string of the molecule is CCCC/C=C\CCCCCCCC(=O)OC(COC(=O)CCCCCCCC/C=C\C/C=C\C/C=C\CCCCC)COP(=O)(O)OCC(O)COP(=O)(O)OCC(COC(=O)CCCCCCC/C=C\CCCCCC)OC(=O)CCCCCCCCCCCCCCC. The fraction of sp³-hybridized carbons (Fsp3) is 0.818. The number of aliphatic hydroxyl groups excluding tert-OH is 1. The second-order valence-corrected chi connectivity index (χ2v) is 28.9. The largest absolute Gasteiger partial charge is 0.472 e. The van der Waals surface area contributed by atoms with Crippen molar-refractivity contribution in [2.45, 2.75) is 367 Å². The zero-order valence-electron chi connectivity index (χ0n) is 61.1. The van der Waals surface area contributed by atoms with Gasteiger partial charge in [-0.3, -0.25) is 37.3 Å². The summed E-state index contributed by atoms with van der Waals surface area (Å²) >= 11 is 0. The highest BCUT2D eigenvalue weighted by molar-refractivity contribution is 7.47. The molecule has 0 rings (SSSR count). The van der Waals surface area contributed by atoms with Crippen LogP contribution < -0.4 is 0 Å². The maximum atomic E-state index is 13.1. The average molecular weight is 1400 g/mol. The van der Waals surface area contributed by atoms with Crippen LogP contribution in [0.1, 0.15) is 349 Å². The van der Waals surface area contributed by atoms with E-state index >= 15 is 0 Å². The molecule has 5 atom stereocenters. The minimum Gasteiger partial charge on any atom is -0.462 e. The van der Waals surface area contributed by atoms with Crippen LogP contribution in [0.5, 0.6) is 0 Å². The third-order valence-corrected chi connectivity index (χ3v) is 18.4. The summed E-state index contributed by atoms with van der Waals surface area (Å²) in [5, 5.41) is 10.6. The highest BCUT2D eigenvalue weighted by Gasteiger charge is 2.30. The van der Waals surface area contributed by atoms with E-state index in [1.54, 1.807) is 0 Å². The van der Waals surface area contributed by atoms with Gasteiger partial charge in [-0.25, -0.2) is 9.13 Å². The number of esters is 4. The van der Waals surface area contributed by atoms with Gasteiger partial charge in [0.15, 0.2) is 12.2 Å². The fourth-order valence-electron chi connectivity index (χ4n) is 10.5. The first-order valence-corrected chi connectivity index (χ1v) is 41.5. The number of carbonyl (C=O) groups is 4. The number of phosphoric ester groups is 2. The molecule has 0 aromatic carbocycles. The summed E-state index contributed by atoms with van der Waals surface area (Å²) in [5.41, 5.74) is 0. The first-order valence-electron chi connectivity index (χ1n) is 38.5. The van der Waals surface area contributed by atoms with E-state index in [4.69, 9.17) is 37.0 Å². The Bertz CT molecular complexity index is 2060. The van der Waals surface area contributed by atoms with Crippen LogP contribution in [-0.4, -0.2) is 96.7 Å². The molecule has 0 bridgehead atoms. The van der Waals surface area contributed by atoms with Gasteiger partial charge >= 0.3 is 39.5 Å².